The number of anilines is 2. The lowest BCUT2D eigenvalue weighted by Gasteiger charge is -2.20. The second-order valence-electron chi connectivity index (χ2n) is 11.7. The molecule has 5 nitrogen and oxygen atoms in total. The summed E-state index contributed by atoms with van der Waals surface area (Å²) < 4.78 is 13.4. The van der Waals surface area contributed by atoms with Gasteiger partial charge in [0.2, 0.25) is 11.8 Å². The molecule has 8 rings (SSSR count). The van der Waals surface area contributed by atoms with Crippen LogP contribution in [0.3, 0.4) is 0 Å². The first-order chi connectivity index (χ1) is 23.3. The van der Waals surface area contributed by atoms with Gasteiger partial charge in [-0.05, 0) is 46.5 Å². The molecule has 0 radical (unpaired) electrons. The molecule has 6 aromatic carbocycles. The van der Waals surface area contributed by atoms with Gasteiger partial charge in [-0.3, -0.25) is 0 Å². The summed E-state index contributed by atoms with van der Waals surface area (Å²) in [4.78, 5) is 10.4. The fourth-order valence-electron chi connectivity index (χ4n) is 6.37. The highest BCUT2D eigenvalue weighted by Crippen LogP contribution is 2.44. The molecule has 0 unspecified atom stereocenters. The molecule has 0 saturated carbocycles. The van der Waals surface area contributed by atoms with Crippen LogP contribution in [0.4, 0.5) is 11.4 Å². The van der Waals surface area contributed by atoms with Gasteiger partial charge in [0.1, 0.15) is 12.1 Å². The molecule has 2 heterocycles. The van der Waals surface area contributed by atoms with Crippen molar-refractivity contribution in [2.45, 2.75) is 24.3 Å². The van der Waals surface area contributed by atoms with Crippen LogP contribution in [0.2, 0.25) is 0 Å². The van der Waals surface area contributed by atoms with Gasteiger partial charge < -0.3 is 14.8 Å². The SMILES string of the molecule is c1ccc([C@H]2OC(c3ccccc3Nc3ccccc3C3=N[C@@H](c4ccccc4)[C@@H](c4ccccc4)O3)=N[C@H]2c2ccccc2)cc1. The quantitative estimate of drug-likeness (QED) is 0.186. The molecule has 4 atom stereocenters. The number of nitrogens with zero attached hydrogens (tertiary/aromatic N) is 2. The number of para-hydroxylation sites is 2. The van der Waals surface area contributed by atoms with Crippen molar-refractivity contribution >= 4 is 23.2 Å². The summed E-state index contributed by atoms with van der Waals surface area (Å²) in [5.41, 5.74) is 7.96. The van der Waals surface area contributed by atoms with Crippen LogP contribution < -0.4 is 5.32 Å². The summed E-state index contributed by atoms with van der Waals surface area (Å²) in [6.45, 7) is 0. The van der Waals surface area contributed by atoms with Crippen LogP contribution in [0.5, 0.6) is 0 Å². The lowest BCUT2D eigenvalue weighted by atomic mass is 9.97. The van der Waals surface area contributed by atoms with Crippen LogP contribution >= 0.6 is 0 Å². The predicted molar refractivity (Wildman–Crippen MR) is 188 cm³/mol. The summed E-state index contributed by atoms with van der Waals surface area (Å²) in [5.74, 6) is 1.21. The van der Waals surface area contributed by atoms with Crippen molar-refractivity contribution in [1.29, 1.82) is 0 Å². The van der Waals surface area contributed by atoms with Gasteiger partial charge in [0.25, 0.3) is 0 Å². The third-order valence-electron chi connectivity index (χ3n) is 8.69. The van der Waals surface area contributed by atoms with Crippen LogP contribution in [0, 0.1) is 0 Å². The van der Waals surface area contributed by atoms with Crippen molar-refractivity contribution in [1.82, 2.24) is 0 Å². The van der Waals surface area contributed by atoms with Gasteiger partial charge >= 0.3 is 0 Å². The second-order valence-corrected chi connectivity index (χ2v) is 11.7. The fourth-order valence-corrected chi connectivity index (χ4v) is 6.37. The molecule has 0 saturated heterocycles. The van der Waals surface area contributed by atoms with Crippen LogP contribution in [0.1, 0.15) is 57.7 Å². The molecule has 228 valence electrons. The van der Waals surface area contributed by atoms with E-state index in [0.29, 0.717) is 11.8 Å². The second kappa shape index (κ2) is 12.8. The van der Waals surface area contributed by atoms with Gasteiger partial charge in [0, 0.05) is 0 Å². The van der Waals surface area contributed by atoms with E-state index in [4.69, 9.17) is 19.5 Å². The zero-order valence-electron chi connectivity index (χ0n) is 25.7. The van der Waals surface area contributed by atoms with Gasteiger partial charge in [-0.2, -0.15) is 0 Å². The van der Waals surface area contributed by atoms with Gasteiger partial charge in [-0.25, -0.2) is 9.98 Å². The minimum absolute atomic E-state index is 0.167. The number of hydrogen-bond acceptors (Lipinski definition) is 5. The third kappa shape index (κ3) is 5.80. The van der Waals surface area contributed by atoms with Crippen molar-refractivity contribution in [3.05, 3.63) is 203 Å². The molecular formula is C42H33N3O2. The highest BCUT2D eigenvalue weighted by atomic mass is 16.5. The monoisotopic (exact) mass is 611 g/mol. The lowest BCUT2D eigenvalue weighted by Crippen LogP contribution is -2.12. The maximum absolute atomic E-state index is 6.70. The Morgan fingerprint density at radius 1 is 0.362 bits per heavy atom. The van der Waals surface area contributed by atoms with E-state index in [2.05, 4.69) is 102 Å². The predicted octanol–water partition coefficient (Wildman–Crippen LogP) is 9.95. The molecule has 0 aromatic heterocycles. The minimum atomic E-state index is -0.236. The Balaban J connectivity index is 1.14. The number of ether oxygens (including phenoxy) is 2. The van der Waals surface area contributed by atoms with E-state index in [1.165, 1.54) is 0 Å². The van der Waals surface area contributed by atoms with Gasteiger partial charge in [-0.15, -0.1) is 0 Å². The van der Waals surface area contributed by atoms with Crippen LogP contribution in [0.25, 0.3) is 0 Å². The number of benzene rings is 6. The summed E-state index contributed by atoms with van der Waals surface area (Å²) in [7, 11) is 0. The van der Waals surface area contributed by atoms with Crippen molar-refractivity contribution in [2.24, 2.45) is 9.98 Å². The van der Waals surface area contributed by atoms with E-state index in [1.54, 1.807) is 0 Å². The standard InChI is InChI=1S/C42H33N3O2/c1-5-17-29(18-6-1)37-39(31-21-9-3-10-22-31)46-41(44-37)33-25-13-15-27-35(33)43-36-28-16-14-26-34(36)42-45-38(30-19-7-2-8-20-30)40(47-42)32-23-11-4-12-24-32/h1-28,37-40,43H/t37-,38-,39+,40+/m0/s1. The summed E-state index contributed by atoms with van der Waals surface area (Å²) in [6, 6.07) is 57.3. The van der Waals surface area contributed by atoms with Crippen LogP contribution in [-0.4, -0.2) is 11.8 Å². The smallest absolute Gasteiger partial charge is 0.219 e. The highest BCUT2D eigenvalue weighted by Gasteiger charge is 2.36. The Hall–Kier alpha value is -5.94. The molecule has 47 heavy (non-hydrogen) atoms. The Labute approximate surface area is 274 Å². The number of rotatable bonds is 8. The van der Waals surface area contributed by atoms with E-state index in [0.717, 1.165) is 44.8 Å². The van der Waals surface area contributed by atoms with Crippen LogP contribution in [0.15, 0.2) is 180 Å². The van der Waals surface area contributed by atoms with Crippen molar-refractivity contribution in [2.75, 3.05) is 5.32 Å². The van der Waals surface area contributed by atoms with Crippen LogP contribution in [-0.2, 0) is 9.47 Å². The first-order valence-electron chi connectivity index (χ1n) is 16.0. The summed E-state index contributed by atoms with van der Waals surface area (Å²) >= 11 is 0. The van der Waals surface area contributed by atoms with Crippen molar-refractivity contribution < 1.29 is 9.47 Å². The first kappa shape index (κ1) is 28.5. The zero-order chi connectivity index (χ0) is 31.4. The largest absolute Gasteiger partial charge is 0.467 e. The van der Waals surface area contributed by atoms with Gasteiger partial charge in [0.05, 0.1) is 22.5 Å². The molecule has 6 aromatic rings. The molecule has 0 aliphatic carbocycles. The molecule has 0 spiro atoms. The Bertz CT molecular complexity index is 1880. The molecule has 0 amide bonds. The minimum Gasteiger partial charge on any atom is -0.467 e. The molecule has 0 bridgehead atoms. The Kier molecular flexibility index (Phi) is 7.78. The normalized spacial score (nSPS) is 20.1. The lowest BCUT2D eigenvalue weighted by molar-refractivity contribution is 0.197. The van der Waals surface area contributed by atoms with E-state index < -0.39 is 0 Å². The maximum Gasteiger partial charge on any atom is 0.219 e. The van der Waals surface area contributed by atoms with Gasteiger partial charge in [-0.1, -0.05) is 146 Å². The average molecular weight is 612 g/mol. The third-order valence-corrected chi connectivity index (χ3v) is 8.69. The van der Waals surface area contributed by atoms with E-state index in [-0.39, 0.29) is 24.3 Å². The maximum atomic E-state index is 6.70. The highest BCUT2D eigenvalue weighted by molar-refractivity contribution is 6.04. The topological polar surface area (TPSA) is 55.2 Å². The molecule has 5 heteroatoms. The molecule has 2 aliphatic rings. The number of nitrogens with one attached hydrogen (secondary N) is 1. The van der Waals surface area contributed by atoms with E-state index in [1.807, 2.05) is 72.8 Å². The molecular weight excluding hydrogens is 578 g/mol. The van der Waals surface area contributed by atoms with Crippen molar-refractivity contribution in [3.8, 4) is 0 Å². The zero-order valence-corrected chi connectivity index (χ0v) is 25.7. The van der Waals surface area contributed by atoms with Gasteiger partial charge in [0.15, 0.2) is 12.2 Å². The van der Waals surface area contributed by atoms with E-state index in [9.17, 15) is 0 Å². The van der Waals surface area contributed by atoms with E-state index >= 15 is 0 Å². The molecule has 0 fully saturated rings. The Morgan fingerprint density at radius 2 is 0.681 bits per heavy atom. The summed E-state index contributed by atoms with van der Waals surface area (Å²) in [6.07, 6.45) is -0.472. The average Bonchev–Trinajstić information content (AvgIpc) is 3.80. The molecule has 1 N–H and O–H groups in total. The molecule has 2 aliphatic heterocycles. The first-order valence-corrected chi connectivity index (χ1v) is 16.0. The number of hydrogen-bond donors (Lipinski definition) is 1. The number of aliphatic imine (C=N–C) groups is 2. The Morgan fingerprint density at radius 3 is 1.06 bits per heavy atom. The fraction of sp³-hybridized carbons (Fsp3) is 0.0952. The summed E-state index contributed by atoms with van der Waals surface area (Å²) in [5, 5.41) is 3.69. The van der Waals surface area contributed by atoms with Crippen molar-refractivity contribution in [3.63, 3.8) is 0 Å².